The normalized spacial score (nSPS) is 11.3. The Bertz CT molecular complexity index is 1190. The second-order valence-corrected chi connectivity index (χ2v) is 9.87. The number of carbonyl (C=O) groups is 1. The van der Waals surface area contributed by atoms with Gasteiger partial charge in [-0.25, -0.2) is 9.78 Å². The molecule has 5 heteroatoms. The van der Waals surface area contributed by atoms with Gasteiger partial charge in [0.1, 0.15) is 11.5 Å². The predicted octanol–water partition coefficient (Wildman–Crippen LogP) is 8.25. The molecule has 0 spiro atoms. The largest absolute Gasteiger partial charge is 0.494 e. The number of esters is 1. The van der Waals surface area contributed by atoms with Crippen molar-refractivity contribution in [3.8, 4) is 29.2 Å². The summed E-state index contributed by atoms with van der Waals surface area (Å²) in [5.74, 6) is 8.15. The molecule has 0 radical (unpaired) electrons. The van der Waals surface area contributed by atoms with Crippen LogP contribution in [-0.2, 0) is 0 Å². The molecule has 0 aliphatic rings. The minimum Gasteiger partial charge on any atom is -0.494 e. The monoisotopic (exact) mass is 527 g/mol. The van der Waals surface area contributed by atoms with Crippen molar-refractivity contribution in [1.29, 1.82) is 0 Å². The van der Waals surface area contributed by atoms with Crippen LogP contribution >= 0.6 is 0 Å². The molecule has 0 aliphatic carbocycles. The number of carbonyl (C=O) groups excluding carboxylic acids is 1. The molecule has 1 atom stereocenters. The van der Waals surface area contributed by atoms with Crippen LogP contribution in [0.4, 0.5) is 0 Å². The zero-order chi connectivity index (χ0) is 27.7. The van der Waals surface area contributed by atoms with Crippen LogP contribution in [0.25, 0.3) is 0 Å². The molecule has 1 aromatic heterocycles. The Morgan fingerprint density at radius 2 is 1.46 bits per heavy atom. The van der Waals surface area contributed by atoms with E-state index in [4.69, 9.17) is 14.2 Å². The van der Waals surface area contributed by atoms with E-state index in [1.807, 2.05) is 36.4 Å². The third-order valence-corrected chi connectivity index (χ3v) is 6.47. The quantitative estimate of drug-likeness (QED) is 0.0862. The number of pyridine rings is 1. The van der Waals surface area contributed by atoms with Gasteiger partial charge in [-0.05, 0) is 66.9 Å². The van der Waals surface area contributed by atoms with E-state index in [1.54, 1.807) is 30.5 Å². The van der Waals surface area contributed by atoms with Gasteiger partial charge in [0.2, 0.25) is 5.88 Å². The lowest BCUT2D eigenvalue weighted by Crippen LogP contribution is -2.08. The summed E-state index contributed by atoms with van der Waals surface area (Å²) < 4.78 is 17.1. The minimum atomic E-state index is -0.408. The highest BCUT2D eigenvalue weighted by molar-refractivity contribution is 5.91. The van der Waals surface area contributed by atoms with Gasteiger partial charge in [0.25, 0.3) is 0 Å². The first-order valence-electron chi connectivity index (χ1n) is 14.2. The molecule has 206 valence electrons. The van der Waals surface area contributed by atoms with E-state index in [0.29, 0.717) is 36.3 Å². The van der Waals surface area contributed by atoms with Gasteiger partial charge in [-0.2, -0.15) is 0 Å². The van der Waals surface area contributed by atoms with Gasteiger partial charge in [-0.15, -0.1) is 0 Å². The first kappa shape index (κ1) is 29.8. The van der Waals surface area contributed by atoms with Crippen LogP contribution in [0.1, 0.15) is 93.6 Å². The number of unbranched alkanes of at least 4 members (excludes halogenated alkanes) is 6. The molecule has 5 nitrogen and oxygen atoms in total. The van der Waals surface area contributed by atoms with E-state index < -0.39 is 5.97 Å². The molecular weight excluding hydrogens is 486 g/mol. The van der Waals surface area contributed by atoms with Crippen molar-refractivity contribution in [2.24, 2.45) is 5.92 Å². The highest BCUT2D eigenvalue weighted by Crippen LogP contribution is 2.18. The van der Waals surface area contributed by atoms with Crippen molar-refractivity contribution in [3.05, 3.63) is 83.6 Å². The summed E-state index contributed by atoms with van der Waals surface area (Å²) >= 11 is 0. The Labute approximate surface area is 233 Å². The molecule has 0 N–H and O–H groups in total. The molecule has 1 heterocycles. The van der Waals surface area contributed by atoms with E-state index in [-0.39, 0.29) is 0 Å². The SMILES string of the molecule is CCCCCCCCCOc1ccc(C(=O)Oc2ccc(C#Cc3ccnc(OC[C@@H](C)CC)c3)cc2)cc1. The fourth-order valence-corrected chi connectivity index (χ4v) is 3.76. The molecule has 3 rings (SSSR count). The average molecular weight is 528 g/mol. The molecule has 0 fully saturated rings. The Hall–Kier alpha value is -3.78. The molecule has 0 bridgehead atoms. The number of rotatable bonds is 15. The van der Waals surface area contributed by atoms with Gasteiger partial charge in [0.15, 0.2) is 0 Å². The van der Waals surface area contributed by atoms with Gasteiger partial charge in [0, 0.05) is 23.4 Å². The maximum atomic E-state index is 12.6. The number of nitrogens with zero attached hydrogens (tertiary/aromatic N) is 1. The summed E-state index contributed by atoms with van der Waals surface area (Å²) in [6, 6.07) is 17.9. The third kappa shape index (κ3) is 11.2. The summed E-state index contributed by atoms with van der Waals surface area (Å²) in [5, 5.41) is 0. The molecule has 0 unspecified atom stereocenters. The molecule has 0 amide bonds. The zero-order valence-electron chi connectivity index (χ0n) is 23.6. The van der Waals surface area contributed by atoms with Gasteiger partial charge in [-0.3, -0.25) is 0 Å². The second kappa shape index (κ2) is 16.9. The molecule has 0 saturated heterocycles. The third-order valence-electron chi connectivity index (χ3n) is 6.47. The first-order valence-corrected chi connectivity index (χ1v) is 14.2. The molecule has 2 aromatic carbocycles. The van der Waals surface area contributed by atoms with E-state index in [0.717, 1.165) is 29.7 Å². The summed E-state index contributed by atoms with van der Waals surface area (Å²) in [6.45, 7) is 7.85. The van der Waals surface area contributed by atoms with Crippen LogP contribution < -0.4 is 14.2 Å². The highest BCUT2D eigenvalue weighted by atomic mass is 16.5. The lowest BCUT2D eigenvalue weighted by Gasteiger charge is -2.09. The lowest BCUT2D eigenvalue weighted by atomic mass is 10.1. The topological polar surface area (TPSA) is 57.7 Å². The van der Waals surface area contributed by atoms with Crippen LogP contribution in [0, 0.1) is 17.8 Å². The molecular formula is C34H41NO4. The van der Waals surface area contributed by atoms with Crippen LogP contribution in [-0.4, -0.2) is 24.2 Å². The van der Waals surface area contributed by atoms with Crippen molar-refractivity contribution in [2.45, 2.75) is 72.1 Å². The Balaban J connectivity index is 1.44. The van der Waals surface area contributed by atoms with Gasteiger partial charge < -0.3 is 14.2 Å². The van der Waals surface area contributed by atoms with Crippen molar-refractivity contribution >= 4 is 5.97 Å². The number of hydrogen-bond donors (Lipinski definition) is 0. The highest BCUT2D eigenvalue weighted by Gasteiger charge is 2.09. The van der Waals surface area contributed by atoms with E-state index in [1.165, 1.54) is 38.5 Å². The van der Waals surface area contributed by atoms with E-state index in [2.05, 4.69) is 37.6 Å². The van der Waals surface area contributed by atoms with E-state index in [9.17, 15) is 4.79 Å². The first-order chi connectivity index (χ1) is 19.1. The van der Waals surface area contributed by atoms with Gasteiger partial charge in [0.05, 0.1) is 18.8 Å². The summed E-state index contributed by atoms with van der Waals surface area (Å²) in [5.41, 5.74) is 2.12. The number of ether oxygens (including phenoxy) is 3. The van der Waals surface area contributed by atoms with Crippen LogP contribution in [0.5, 0.6) is 17.4 Å². The van der Waals surface area contributed by atoms with Crippen LogP contribution in [0.3, 0.4) is 0 Å². The van der Waals surface area contributed by atoms with E-state index >= 15 is 0 Å². The molecule has 3 aromatic rings. The molecule has 0 aliphatic heterocycles. The van der Waals surface area contributed by atoms with Crippen LogP contribution in [0.15, 0.2) is 66.9 Å². The summed E-state index contributed by atoms with van der Waals surface area (Å²) in [7, 11) is 0. The van der Waals surface area contributed by atoms with Gasteiger partial charge >= 0.3 is 5.97 Å². The average Bonchev–Trinajstić information content (AvgIpc) is 2.97. The standard InChI is InChI=1S/C34H41NO4/c1-4-6-7-8-9-10-11-24-37-31-20-16-30(17-21-31)34(36)39-32-18-14-28(15-19-32)12-13-29-22-23-35-33(25-29)38-26-27(3)5-2/h14-23,25,27H,4-11,24,26H2,1-3H3/t27-/m0/s1. The fraction of sp³-hybridized carbons (Fsp3) is 0.412. The summed E-state index contributed by atoms with van der Waals surface area (Å²) in [6.07, 6.45) is 11.5. The molecule has 0 saturated carbocycles. The molecule has 39 heavy (non-hydrogen) atoms. The Morgan fingerprint density at radius 3 is 2.18 bits per heavy atom. The second-order valence-electron chi connectivity index (χ2n) is 9.87. The summed E-state index contributed by atoms with van der Waals surface area (Å²) in [4.78, 5) is 16.8. The van der Waals surface area contributed by atoms with Crippen molar-refractivity contribution < 1.29 is 19.0 Å². The number of benzene rings is 2. The fourth-order valence-electron chi connectivity index (χ4n) is 3.76. The lowest BCUT2D eigenvalue weighted by molar-refractivity contribution is 0.0734. The number of hydrogen-bond acceptors (Lipinski definition) is 5. The smallest absolute Gasteiger partial charge is 0.343 e. The number of aromatic nitrogens is 1. The van der Waals surface area contributed by atoms with Crippen molar-refractivity contribution in [2.75, 3.05) is 13.2 Å². The van der Waals surface area contributed by atoms with Crippen molar-refractivity contribution in [3.63, 3.8) is 0 Å². The Kier molecular flexibility index (Phi) is 12.9. The minimum absolute atomic E-state index is 0.408. The zero-order valence-corrected chi connectivity index (χ0v) is 23.6. The maximum absolute atomic E-state index is 12.6. The van der Waals surface area contributed by atoms with Gasteiger partial charge in [-0.1, -0.05) is 77.6 Å². The Morgan fingerprint density at radius 1 is 0.795 bits per heavy atom. The van der Waals surface area contributed by atoms with Crippen molar-refractivity contribution in [1.82, 2.24) is 4.98 Å². The maximum Gasteiger partial charge on any atom is 0.343 e. The van der Waals surface area contributed by atoms with Crippen LogP contribution in [0.2, 0.25) is 0 Å². The predicted molar refractivity (Wildman–Crippen MR) is 156 cm³/mol.